The first-order valence-electron chi connectivity index (χ1n) is 6.05. The number of carbonyl (C=O) groups is 2. The van der Waals surface area contributed by atoms with Crippen LogP contribution in [-0.4, -0.2) is 24.4 Å². The van der Waals surface area contributed by atoms with E-state index >= 15 is 0 Å². The Labute approximate surface area is 113 Å². The molecule has 1 heterocycles. The topological polar surface area (TPSA) is 49.4 Å². The molecule has 1 aromatic rings. The summed E-state index contributed by atoms with van der Waals surface area (Å²) in [5, 5.41) is 2.44. The molecule has 7 heteroatoms. The van der Waals surface area contributed by atoms with E-state index in [-0.39, 0.29) is 18.1 Å². The Bertz CT molecular complexity index is 543. The minimum Gasteiger partial charge on any atom is -0.344 e. The van der Waals surface area contributed by atoms with Gasteiger partial charge in [-0.1, -0.05) is 12.1 Å². The first kappa shape index (κ1) is 14.4. The molecule has 1 aliphatic heterocycles. The Morgan fingerprint density at radius 3 is 2.60 bits per heavy atom. The van der Waals surface area contributed by atoms with E-state index in [1.807, 2.05) is 0 Å². The lowest BCUT2D eigenvalue weighted by atomic mass is 10.1. The van der Waals surface area contributed by atoms with Crippen molar-refractivity contribution in [1.29, 1.82) is 0 Å². The van der Waals surface area contributed by atoms with Gasteiger partial charge in [-0.15, -0.1) is 0 Å². The highest BCUT2D eigenvalue weighted by atomic mass is 19.4. The summed E-state index contributed by atoms with van der Waals surface area (Å²) in [5.41, 5.74) is -1.02. The number of hydrogen-bond acceptors (Lipinski definition) is 2. The van der Waals surface area contributed by atoms with E-state index < -0.39 is 23.7 Å². The van der Waals surface area contributed by atoms with Crippen molar-refractivity contribution in [2.24, 2.45) is 0 Å². The van der Waals surface area contributed by atoms with E-state index in [0.29, 0.717) is 6.42 Å². The molecule has 1 fully saturated rings. The number of alkyl halides is 3. The molecule has 0 spiro atoms. The van der Waals surface area contributed by atoms with Crippen molar-refractivity contribution in [3.05, 3.63) is 29.8 Å². The highest BCUT2D eigenvalue weighted by Crippen LogP contribution is 2.37. The lowest BCUT2D eigenvalue weighted by Gasteiger charge is -2.21. The first-order valence-corrected chi connectivity index (χ1v) is 6.05. The van der Waals surface area contributed by atoms with Crippen LogP contribution < -0.4 is 10.2 Å². The molecule has 0 saturated carbocycles. The minimum absolute atomic E-state index is 0.150. The second-order valence-corrected chi connectivity index (χ2v) is 4.55. The maximum atomic E-state index is 12.9. The molecule has 20 heavy (non-hydrogen) atoms. The Morgan fingerprint density at radius 1 is 1.35 bits per heavy atom. The molecule has 0 radical (unpaired) electrons. The van der Waals surface area contributed by atoms with Crippen LogP contribution in [0.3, 0.4) is 0 Å². The molecule has 1 N–H and O–H groups in total. The summed E-state index contributed by atoms with van der Waals surface area (Å²) >= 11 is 0. The maximum Gasteiger partial charge on any atom is 0.418 e. The number of nitrogens with one attached hydrogen (secondary N) is 1. The minimum atomic E-state index is -4.52. The predicted octanol–water partition coefficient (Wildman–Crippen LogP) is 1.95. The van der Waals surface area contributed by atoms with Crippen molar-refractivity contribution < 1.29 is 22.8 Å². The van der Waals surface area contributed by atoms with Crippen LogP contribution in [0.2, 0.25) is 0 Å². The zero-order chi connectivity index (χ0) is 14.9. The van der Waals surface area contributed by atoms with E-state index in [4.69, 9.17) is 0 Å². The molecule has 1 aliphatic rings. The van der Waals surface area contributed by atoms with Crippen LogP contribution in [-0.2, 0) is 15.8 Å². The van der Waals surface area contributed by atoms with Gasteiger partial charge in [-0.2, -0.15) is 13.2 Å². The Kier molecular flexibility index (Phi) is 3.69. The molecule has 1 saturated heterocycles. The number of anilines is 1. The molecule has 0 aromatic heterocycles. The largest absolute Gasteiger partial charge is 0.418 e. The quantitative estimate of drug-likeness (QED) is 0.903. The van der Waals surface area contributed by atoms with E-state index in [1.54, 1.807) is 0 Å². The molecule has 0 bridgehead atoms. The van der Waals surface area contributed by atoms with Crippen LogP contribution in [0.25, 0.3) is 0 Å². The van der Waals surface area contributed by atoms with Crippen LogP contribution in [0.15, 0.2) is 24.3 Å². The number of carbonyl (C=O) groups excluding carboxylic acids is 2. The zero-order valence-corrected chi connectivity index (χ0v) is 10.7. The predicted molar refractivity (Wildman–Crippen MR) is 66.0 cm³/mol. The molecule has 2 rings (SSSR count). The molecule has 4 nitrogen and oxygen atoms in total. The summed E-state index contributed by atoms with van der Waals surface area (Å²) in [6.45, 7) is 1.41. The molecule has 108 valence electrons. The molecule has 1 atom stereocenters. The highest BCUT2D eigenvalue weighted by molar-refractivity contribution is 6.01. The Hall–Kier alpha value is -2.05. The number of amides is 2. The Balaban J connectivity index is 2.30. The summed E-state index contributed by atoms with van der Waals surface area (Å²) in [6, 6.07) is 4.17. The number of benzene rings is 1. The van der Waals surface area contributed by atoms with Gasteiger partial charge in [0.1, 0.15) is 6.04 Å². The van der Waals surface area contributed by atoms with Gasteiger partial charge in [-0.25, -0.2) is 0 Å². The fourth-order valence-electron chi connectivity index (χ4n) is 2.25. The summed E-state index contributed by atoms with van der Waals surface area (Å²) in [7, 11) is 0. The van der Waals surface area contributed by atoms with E-state index in [2.05, 4.69) is 5.32 Å². The molecule has 0 aliphatic carbocycles. The van der Waals surface area contributed by atoms with Crippen LogP contribution >= 0.6 is 0 Å². The number of nitrogens with zero attached hydrogens (tertiary/aromatic N) is 1. The van der Waals surface area contributed by atoms with Crippen molar-refractivity contribution in [3.63, 3.8) is 0 Å². The molecule has 2 amide bonds. The van der Waals surface area contributed by atoms with Crippen LogP contribution in [0.1, 0.15) is 18.9 Å². The lowest BCUT2D eigenvalue weighted by Crippen LogP contribution is -2.40. The van der Waals surface area contributed by atoms with E-state index in [0.717, 1.165) is 11.0 Å². The SMILES string of the molecule is CC(=O)NC1CCN(c2ccccc2C(F)(F)F)C1=O. The standard InChI is InChI=1S/C13H13F3N2O2/c1-8(19)17-10-6-7-18(12(10)20)11-5-3-2-4-9(11)13(14,15)16/h2-5,10H,6-7H2,1H3,(H,17,19). The Morgan fingerprint density at radius 2 is 2.00 bits per heavy atom. The monoisotopic (exact) mass is 286 g/mol. The van der Waals surface area contributed by atoms with Gasteiger partial charge in [-0.05, 0) is 18.6 Å². The first-order chi connectivity index (χ1) is 9.30. The maximum absolute atomic E-state index is 12.9. The van der Waals surface area contributed by atoms with Gasteiger partial charge >= 0.3 is 6.18 Å². The van der Waals surface area contributed by atoms with Crippen LogP contribution in [0, 0.1) is 0 Å². The third-order valence-corrected chi connectivity index (χ3v) is 3.08. The third-order valence-electron chi connectivity index (χ3n) is 3.08. The van der Waals surface area contributed by atoms with Gasteiger partial charge in [0.15, 0.2) is 0 Å². The van der Waals surface area contributed by atoms with Gasteiger partial charge < -0.3 is 10.2 Å². The van der Waals surface area contributed by atoms with Gasteiger partial charge in [-0.3, -0.25) is 9.59 Å². The number of rotatable bonds is 2. The number of para-hydroxylation sites is 1. The molecule has 1 aromatic carbocycles. The molecular formula is C13H13F3N2O2. The fourth-order valence-corrected chi connectivity index (χ4v) is 2.25. The molecular weight excluding hydrogens is 273 g/mol. The number of halogens is 3. The van der Waals surface area contributed by atoms with E-state index in [1.165, 1.54) is 25.1 Å². The van der Waals surface area contributed by atoms with Gasteiger partial charge in [0, 0.05) is 13.5 Å². The van der Waals surface area contributed by atoms with Crippen molar-refractivity contribution in [2.45, 2.75) is 25.6 Å². The summed E-state index contributed by atoms with van der Waals surface area (Å²) in [6.07, 6.45) is -4.23. The second-order valence-electron chi connectivity index (χ2n) is 4.55. The number of hydrogen-bond donors (Lipinski definition) is 1. The van der Waals surface area contributed by atoms with Crippen LogP contribution in [0.4, 0.5) is 18.9 Å². The fraction of sp³-hybridized carbons (Fsp3) is 0.385. The van der Waals surface area contributed by atoms with Gasteiger partial charge in [0.05, 0.1) is 11.3 Å². The summed E-state index contributed by atoms with van der Waals surface area (Å²) in [5.74, 6) is -0.897. The van der Waals surface area contributed by atoms with Gasteiger partial charge in [0.25, 0.3) is 0 Å². The lowest BCUT2D eigenvalue weighted by molar-refractivity contribution is -0.137. The highest BCUT2D eigenvalue weighted by Gasteiger charge is 2.39. The third kappa shape index (κ3) is 2.76. The van der Waals surface area contributed by atoms with Crippen molar-refractivity contribution >= 4 is 17.5 Å². The summed E-state index contributed by atoms with van der Waals surface area (Å²) < 4.78 is 38.8. The molecule has 1 unspecified atom stereocenters. The van der Waals surface area contributed by atoms with Crippen molar-refractivity contribution in [1.82, 2.24) is 5.32 Å². The zero-order valence-electron chi connectivity index (χ0n) is 10.7. The smallest absolute Gasteiger partial charge is 0.344 e. The van der Waals surface area contributed by atoms with Gasteiger partial charge in [0.2, 0.25) is 11.8 Å². The van der Waals surface area contributed by atoms with Crippen molar-refractivity contribution in [3.8, 4) is 0 Å². The van der Waals surface area contributed by atoms with Crippen LogP contribution in [0.5, 0.6) is 0 Å². The average Bonchev–Trinajstić information content (AvgIpc) is 2.69. The average molecular weight is 286 g/mol. The normalized spacial score (nSPS) is 19.3. The van der Waals surface area contributed by atoms with Crippen molar-refractivity contribution in [2.75, 3.05) is 11.4 Å². The van der Waals surface area contributed by atoms with E-state index in [9.17, 15) is 22.8 Å². The summed E-state index contributed by atoms with van der Waals surface area (Å²) in [4.78, 5) is 24.1. The second kappa shape index (κ2) is 5.15.